The van der Waals surface area contributed by atoms with Crippen molar-refractivity contribution >= 4 is 5.96 Å². The molecule has 2 aliphatic rings. The lowest BCUT2D eigenvalue weighted by Gasteiger charge is -2.29. The van der Waals surface area contributed by atoms with Gasteiger partial charge in [0.1, 0.15) is 5.82 Å². The van der Waals surface area contributed by atoms with E-state index < -0.39 is 0 Å². The van der Waals surface area contributed by atoms with Crippen molar-refractivity contribution in [1.82, 2.24) is 24.7 Å². The van der Waals surface area contributed by atoms with Crippen LogP contribution in [0.5, 0.6) is 0 Å². The first-order valence-electron chi connectivity index (χ1n) is 11.0. The van der Waals surface area contributed by atoms with Crippen molar-refractivity contribution in [3.63, 3.8) is 0 Å². The van der Waals surface area contributed by atoms with Crippen molar-refractivity contribution in [3.8, 4) is 0 Å². The molecule has 2 aliphatic heterocycles. The summed E-state index contributed by atoms with van der Waals surface area (Å²) < 4.78 is 2.22. The topological polar surface area (TPSA) is 48.7 Å². The normalized spacial score (nSPS) is 21.8. The van der Waals surface area contributed by atoms with Gasteiger partial charge in [-0.1, -0.05) is 6.42 Å². The van der Waals surface area contributed by atoms with E-state index in [1.54, 1.807) is 0 Å². The molecule has 152 valence electrons. The van der Waals surface area contributed by atoms with E-state index in [2.05, 4.69) is 44.7 Å². The molecule has 0 aromatic carbocycles. The lowest BCUT2D eigenvalue weighted by molar-refractivity contribution is 0.198. The van der Waals surface area contributed by atoms with Crippen molar-refractivity contribution in [3.05, 3.63) is 18.2 Å². The highest BCUT2D eigenvalue weighted by atomic mass is 15.3. The Labute approximate surface area is 165 Å². The Hall–Kier alpha value is -1.56. The predicted octanol–water partition coefficient (Wildman–Crippen LogP) is 2.75. The van der Waals surface area contributed by atoms with Gasteiger partial charge in [0.05, 0.1) is 0 Å². The minimum Gasteiger partial charge on any atom is -0.357 e. The lowest BCUT2D eigenvalue weighted by atomic mass is 10.1. The van der Waals surface area contributed by atoms with Crippen molar-refractivity contribution in [1.29, 1.82) is 0 Å². The molecule has 1 aromatic heterocycles. The van der Waals surface area contributed by atoms with Gasteiger partial charge in [-0.15, -0.1) is 0 Å². The monoisotopic (exact) mass is 374 g/mol. The first kappa shape index (κ1) is 20.2. The summed E-state index contributed by atoms with van der Waals surface area (Å²) in [6.45, 7) is 13.3. The van der Waals surface area contributed by atoms with Gasteiger partial charge in [-0.3, -0.25) is 4.99 Å². The molecule has 2 saturated heterocycles. The molecule has 0 amide bonds. The maximum absolute atomic E-state index is 4.91. The van der Waals surface area contributed by atoms with Crippen molar-refractivity contribution in [2.75, 3.05) is 45.8 Å². The van der Waals surface area contributed by atoms with Crippen LogP contribution < -0.4 is 5.32 Å². The number of unbranched alkanes of at least 4 members (excludes halogenated alkanes) is 1. The summed E-state index contributed by atoms with van der Waals surface area (Å²) in [5, 5.41) is 3.51. The van der Waals surface area contributed by atoms with Crippen LogP contribution in [0, 0.1) is 12.8 Å². The van der Waals surface area contributed by atoms with Gasteiger partial charge in [-0.25, -0.2) is 4.98 Å². The molecule has 2 fully saturated rings. The van der Waals surface area contributed by atoms with Crippen LogP contribution >= 0.6 is 0 Å². The van der Waals surface area contributed by atoms with Crippen LogP contribution in [0.2, 0.25) is 0 Å². The Bertz CT molecular complexity index is 575. The van der Waals surface area contributed by atoms with Gasteiger partial charge >= 0.3 is 0 Å². The number of nitrogens with one attached hydrogen (secondary N) is 1. The summed E-state index contributed by atoms with van der Waals surface area (Å²) in [6.07, 6.45) is 11.7. The molecule has 1 aromatic rings. The summed E-state index contributed by atoms with van der Waals surface area (Å²) in [7, 11) is 0. The van der Waals surface area contributed by atoms with Crippen LogP contribution in [-0.2, 0) is 6.54 Å². The number of piperidine rings is 1. The molecule has 0 spiro atoms. The summed E-state index contributed by atoms with van der Waals surface area (Å²) in [5.41, 5.74) is 0. The Kier molecular flexibility index (Phi) is 7.99. The Morgan fingerprint density at radius 1 is 1.22 bits per heavy atom. The Morgan fingerprint density at radius 3 is 2.81 bits per heavy atom. The number of likely N-dealkylation sites (tertiary alicyclic amines) is 2. The molecule has 0 bridgehead atoms. The fraction of sp³-hybridized carbons (Fsp3) is 0.810. The molecular formula is C21H38N6. The number of guanidine groups is 1. The number of aliphatic imine (C=N–C) groups is 1. The minimum atomic E-state index is 0.802. The maximum Gasteiger partial charge on any atom is 0.193 e. The number of nitrogens with zero attached hydrogens (tertiary/aromatic N) is 5. The molecule has 6 heteroatoms. The van der Waals surface area contributed by atoms with Crippen LogP contribution in [0.4, 0.5) is 0 Å². The zero-order chi connectivity index (χ0) is 18.9. The number of rotatable bonds is 8. The van der Waals surface area contributed by atoms with E-state index in [4.69, 9.17) is 4.99 Å². The number of hydrogen-bond donors (Lipinski definition) is 1. The van der Waals surface area contributed by atoms with Crippen molar-refractivity contribution in [2.45, 2.75) is 58.9 Å². The molecule has 1 unspecified atom stereocenters. The fourth-order valence-corrected chi connectivity index (χ4v) is 4.33. The number of hydrogen-bond acceptors (Lipinski definition) is 3. The van der Waals surface area contributed by atoms with E-state index in [0.29, 0.717) is 0 Å². The third-order valence-electron chi connectivity index (χ3n) is 5.88. The van der Waals surface area contributed by atoms with Crippen molar-refractivity contribution < 1.29 is 0 Å². The fourth-order valence-electron chi connectivity index (χ4n) is 4.33. The highest BCUT2D eigenvalue weighted by Crippen LogP contribution is 2.20. The number of aryl methyl sites for hydroxylation is 2. The summed E-state index contributed by atoms with van der Waals surface area (Å²) in [4.78, 5) is 14.4. The minimum absolute atomic E-state index is 0.802. The van der Waals surface area contributed by atoms with E-state index in [1.807, 2.05) is 6.20 Å². The quantitative estimate of drug-likeness (QED) is 0.432. The van der Waals surface area contributed by atoms with E-state index in [-0.39, 0.29) is 0 Å². The van der Waals surface area contributed by atoms with Crippen LogP contribution in [-0.4, -0.2) is 71.1 Å². The predicted molar refractivity (Wildman–Crippen MR) is 112 cm³/mol. The second-order valence-corrected chi connectivity index (χ2v) is 8.07. The Balaban J connectivity index is 1.40. The zero-order valence-corrected chi connectivity index (χ0v) is 17.4. The first-order valence-corrected chi connectivity index (χ1v) is 11.0. The molecule has 27 heavy (non-hydrogen) atoms. The molecule has 3 heterocycles. The number of imidazole rings is 1. The SMILES string of the molecule is CCNC(=NCCCCn1ccnc1C)N1CCC(CN2CCCCC2)C1. The van der Waals surface area contributed by atoms with Crippen LogP contribution in [0.3, 0.4) is 0 Å². The van der Waals surface area contributed by atoms with Gasteiger partial charge in [0.25, 0.3) is 0 Å². The van der Waals surface area contributed by atoms with Crippen LogP contribution in [0.15, 0.2) is 17.4 Å². The second-order valence-electron chi connectivity index (χ2n) is 8.07. The molecule has 3 rings (SSSR count). The van der Waals surface area contributed by atoms with Gasteiger partial charge in [0.15, 0.2) is 5.96 Å². The smallest absolute Gasteiger partial charge is 0.193 e. The molecule has 0 radical (unpaired) electrons. The van der Waals surface area contributed by atoms with E-state index in [9.17, 15) is 0 Å². The summed E-state index contributed by atoms with van der Waals surface area (Å²) >= 11 is 0. The van der Waals surface area contributed by atoms with Crippen LogP contribution in [0.1, 0.15) is 51.3 Å². The average Bonchev–Trinajstić information content (AvgIpc) is 3.31. The van der Waals surface area contributed by atoms with Crippen LogP contribution in [0.25, 0.3) is 0 Å². The summed E-state index contributed by atoms with van der Waals surface area (Å²) in [5.74, 6) is 3.03. The third kappa shape index (κ3) is 6.23. The van der Waals surface area contributed by atoms with Gasteiger partial charge < -0.3 is 19.7 Å². The van der Waals surface area contributed by atoms with Crippen molar-refractivity contribution in [2.24, 2.45) is 10.9 Å². The highest BCUT2D eigenvalue weighted by Gasteiger charge is 2.26. The van der Waals surface area contributed by atoms with Gasteiger partial charge in [0, 0.05) is 51.7 Å². The zero-order valence-electron chi connectivity index (χ0n) is 17.4. The summed E-state index contributed by atoms with van der Waals surface area (Å²) in [6, 6.07) is 0. The molecule has 1 atom stereocenters. The molecule has 0 saturated carbocycles. The molecule has 0 aliphatic carbocycles. The largest absolute Gasteiger partial charge is 0.357 e. The van der Waals surface area contributed by atoms with Gasteiger partial charge in [-0.05, 0) is 65.0 Å². The Morgan fingerprint density at radius 2 is 2.07 bits per heavy atom. The molecule has 1 N–H and O–H groups in total. The standard InChI is InChI=1S/C21H38N6/c1-3-22-21(24-10-5-8-14-26-16-11-23-19(26)2)27-15-9-20(18-27)17-25-12-6-4-7-13-25/h11,16,20H,3-10,12-15,17-18H2,1-2H3,(H,22,24). The van der Waals surface area contributed by atoms with E-state index >= 15 is 0 Å². The number of aromatic nitrogens is 2. The maximum atomic E-state index is 4.91. The average molecular weight is 375 g/mol. The van der Waals surface area contributed by atoms with Gasteiger partial charge in [-0.2, -0.15) is 0 Å². The van der Waals surface area contributed by atoms with E-state index in [0.717, 1.165) is 63.3 Å². The highest BCUT2D eigenvalue weighted by molar-refractivity contribution is 5.80. The van der Waals surface area contributed by atoms with E-state index in [1.165, 1.54) is 45.3 Å². The molecule has 6 nitrogen and oxygen atoms in total. The third-order valence-corrected chi connectivity index (χ3v) is 5.88. The molecular weight excluding hydrogens is 336 g/mol. The van der Waals surface area contributed by atoms with Gasteiger partial charge in [0.2, 0.25) is 0 Å². The lowest BCUT2D eigenvalue weighted by Crippen LogP contribution is -2.41. The first-order chi connectivity index (χ1) is 13.3. The second kappa shape index (κ2) is 10.7.